The SMILES string of the molecule is CCN(CC)C(=O)c1ccc2c(c1)NC(=O)CS2. The maximum absolute atomic E-state index is 12.2. The summed E-state index contributed by atoms with van der Waals surface area (Å²) < 4.78 is 0. The highest BCUT2D eigenvalue weighted by Crippen LogP contribution is 2.32. The van der Waals surface area contributed by atoms with E-state index in [9.17, 15) is 9.59 Å². The van der Waals surface area contributed by atoms with Crippen molar-refractivity contribution in [2.24, 2.45) is 0 Å². The predicted octanol–water partition coefficient (Wildman–Crippen LogP) is 2.21. The van der Waals surface area contributed by atoms with Crippen molar-refractivity contribution in [1.29, 1.82) is 0 Å². The number of fused-ring (bicyclic) bond motifs is 1. The third-order valence-corrected chi connectivity index (χ3v) is 3.98. The van der Waals surface area contributed by atoms with Gasteiger partial charge in [-0.3, -0.25) is 9.59 Å². The number of thioether (sulfide) groups is 1. The van der Waals surface area contributed by atoms with Gasteiger partial charge in [-0.1, -0.05) is 0 Å². The number of nitrogens with zero attached hydrogens (tertiary/aromatic N) is 1. The molecule has 0 saturated carbocycles. The molecule has 18 heavy (non-hydrogen) atoms. The zero-order valence-corrected chi connectivity index (χ0v) is 11.3. The molecule has 1 aliphatic rings. The Bertz CT molecular complexity index is 484. The number of amides is 2. The van der Waals surface area contributed by atoms with E-state index in [2.05, 4.69) is 5.32 Å². The summed E-state index contributed by atoms with van der Waals surface area (Å²) in [6, 6.07) is 5.49. The van der Waals surface area contributed by atoms with Crippen LogP contribution in [0.5, 0.6) is 0 Å². The van der Waals surface area contributed by atoms with E-state index >= 15 is 0 Å². The number of carbonyl (C=O) groups excluding carboxylic acids is 2. The predicted molar refractivity (Wildman–Crippen MR) is 73.0 cm³/mol. The number of rotatable bonds is 3. The Hall–Kier alpha value is -1.49. The van der Waals surface area contributed by atoms with Gasteiger partial charge in [-0.15, -0.1) is 11.8 Å². The summed E-state index contributed by atoms with van der Waals surface area (Å²) in [6.45, 7) is 5.29. The third-order valence-electron chi connectivity index (χ3n) is 2.91. The van der Waals surface area contributed by atoms with Crippen LogP contribution in [0.1, 0.15) is 24.2 Å². The highest BCUT2D eigenvalue weighted by atomic mass is 32.2. The molecule has 96 valence electrons. The molecule has 0 aromatic heterocycles. The molecule has 1 aliphatic heterocycles. The summed E-state index contributed by atoms with van der Waals surface area (Å²) in [7, 11) is 0. The first-order valence-electron chi connectivity index (χ1n) is 6.01. The van der Waals surface area contributed by atoms with Crippen molar-refractivity contribution in [3.63, 3.8) is 0 Å². The zero-order valence-electron chi connectivity index (χ0n) is 10.5. The van der Waals surface area contributed by atoms with Crippen LogP contribution in [-0.2, 0) is 4.79 Å². The minimum absolute atomic E-state index is 0.00706. The molecule has 0 aliphatic carbocycles. The molecule has 5 heteroatoms. The van der Waals surface area contributed by atoms with Crippen molar-refractivity contribution in [3.8, 4) is 0 Å². The fourth-order valence-electron chi connectivity index (χ4n) is 1.91. The van der Waals surface area contributed by atoms with Crippen LogP contribution in [0.3, 0.4) is 0 Å². The first kappa shape index (κ1) is 13.0. The van der Waals surface area contributed by atoms with Gasteiger partial charge in [-0.2, -0.15) is 0 Å². The quantitative estimate of drug-likeness (QED) is 0.910. The molecule has 1 N–H and O–H groups in total. The lowest BCUT2D eigenvalue weighted by Crippen LogP contribution is -2.30. The van der Waals surface area contributed by atoms with Crippen LogP contribution in [0.25, 0.3) is 0 Å². The average molecular weight is 264 g/mol. The van der Waals surface area contributed by atoms with E-state index in [1.165, 1.54) is 11.8 Å². The molecule has 1 aromatic carbocycles. The molecule has 0 saturated heterocycles. The molecule has 1 aromatic rings. The van der Waals surface area contributed by atoms with Gasteiger partial charge in [0, 0.05) is 23.5 Å². The molecule has 0 radical (unpaired) electrons. The fraction of sp³-hybridized carbons (Fsp3) is 0.385. The normalized spacial score (nSPS) is 13.8. The molecular weight excluding hydrogens is 248 g/mol. The number of hydrogen-bond donors (Lipinski definition) is 1. The highest BCUT2D eigenvalue weighted by Gasteiger charge is 2.18. The number of hydrogen-bond acceptors (Lipinski definition) is 3. The zero-order chi connectivity index (χ0) is 13.1. The lowest BCUT2D eigenvalue weighted by molar-refractivity contribution is -0.113. The van der Waals surface area contributed by atoms with Crippen molar-refractivity contribution >= 4 is 29.3 Å². The summed E-state index contributed by atoms with van der Waals surface area (Å²) in [4.78, 5) is 26.3. The topological polar surface area (TPSA) is 49.4 Å². The Labute approximate surface area is 111 Å². The van der Waals surface area contributed by atoms with Crippen LogP contribution in [-0.4, -0.2) is 35.6 Å². The number of benzene rings is 1. The first-order valence-corrected chi connectivity index (χ1v) is 7.00. The molecule has 0 atom stereocenters. The van der Waals surface area contributed by atoms with E-state index in [1.807, 2.05) is 26.0 Å². The Balaban J connectivity index is 2.28. The van der Waals surface area contributed by atoms with Crippen molar-refractivity contribution in [2.75, 3.05) is 24.2 Å². The van der Waals surface area contributed by atoms with E-state index in [-0.39, 0.29) is 11.8 Å². The van der Waals surface area contributed by atoms with Crippen LogP contribution in [0.2, 0.25) is 0 Å². The van der Waals surface area contributed by atoms with Gasteiger partial charge in [0.2, 0.25) is 5.91 Å². The van der Waals surface area contributed by atoms with Crippen molar-refractivity contribution in [2.45, 2.75) is 18.7 Å². The molecule has 0 spiro atoms. The fourth-order valence-corrected chi connectivity index (χ4v) is 2.70. The van der Waals surface area contributed by atoms with Crippen LogP contribution >= 0.6 is 11.8 Å². The van der Waals surface area contributed by atoms with Gasteiger partial charge in [-0.25, -0.2) is 0 Å². The van der Waals surface area contributed by atoms with E-state index in [0.29, 0.717) is 24.4 Å². The van der Waals surface area contributed by atoms with Gasteiger partial charge in [0.15, 0.2) is 0 Å². The summed E-state index contributed by atoms with van der Waals surface area (Å²) in [5, 5.41) is 2.80. The van der Waals surface area contributed by atoms with Gasteiger partial charge >= 0.3 is 0 Å². The Morgan fingerprint density at radius 3 is 2.78 bits per heavy atom. The molecular formula is C13H16N2O2S. The van der Waals surface area contributed by atoms with Crippen molar-refractivity contribution in [1.82, 2.24) is 4.90 Å². The molecule has 0 bridgehead atoms. The van der Waals surface area contributed by atoms with Gasteiger partial charge in [0.1, 0.15) is 0 Å². The average Bonchev–Trinajstić information content (AvgIpc) is 2.39. The van der Waals surface area contributed by atoms with Crippen LogP contribution in [0.4, 0.5) is 5.69 Å². The summed E-state index contributed by atoms with van der Waals surface area (Å²) in [5.74, 6) is 0.434. The molecule has 2 amide bonds. The third kappa shape index (κ3) is 2.51. The largest absolute Gasteiger partial charge is 0.339 e. The number of nitrogens with one attached hydrogen (secondary N) is 1. The smallest absolute Gasteiger partial charge is 0.253 e. The van der Waals surface area contributed by atoms with Crippen LogP contribution < -0.4 is 5.32 Å². The second-order valence-corrected chi connectivity index (χ2v) is 5.04. The van der Waals surface area contributed by atoms with Gasteiger partial charge in [-0.05, 0) is 32.0 Å². The van der Waals surface area contributed by atoms with Crippen LogP contribution in [0.15, 0.2) is 23.1 Å². The number of anilines is 1. The molecule has 0 unspecified atom stereocenters. The van der Waals surface area contributed by atoms with E-state index in [4.69, 9.17) is 0 Å². The van der Waals surface area contributed by atoms with Crippen molar-refractivity contribution in [3.05, 3.63) is 23.8 Å². The summed E-state index contributed by atoms with van der Waals surface area (Å²) >= 11 is 1.50. The lowest BCUT2D eigenvalue weighted by Gasteiger charge is -2.21. The Kier molecular flexibility index (Phi) is 3.91. The summed E-state index contributed by atoms with van der Waals surface area (Å²) in [6.07, 6.45) is 0. The molecule has 2 rings (SSSR count). The van der Waals surface area contributed by atoms with E-state index < -0.39 is 0 Å². The second-order valence-electron chi connectivity index (χ2n) is 4.03. The maximum atomic E-state index is 12.2. The highest BCUT2D eigenvalue weighted by molar-refractivity contribution is 8.00. The molecule has 1 heterocycles. The minimum atomic E-state index is -0.0139. The maximum Gasteiger partial charge on any atom is 0.253 e. The standard InChI is InChI=1S/C13H16N2O2S/c1-3-15(4-2)13(17)9-5-6-11-10(7-9)14-12(16)8-18-11/h5-7H,3-4,8H2,1-2H3,(H,14,16). The van der Waals surface area contributed by atoms with Gasteiger partial charge in [0.25, 0.3) is 5.91 Å². The van der Waals surface area contributed by atoms with Gasteiger partial charge in [0.05, 0.1) is 11.4 Å². The first-order chi connectivity index (χ1) is 8.65. The van der Waals surface area contributed by atoms with E-state index in [1.54, 1.807) is 11.0 Å². The Morgan fingerprint density at radius 2 is 2.11 bits per heavy atom. The Morgan fingerprint density at radius 1 is 1.39 bits per heavy atom. The minimum Gasteiger partial charge on any atom is -0.339 e. The summed E-state index contributed by atoms with van der Waals surface area (Å²) in [5.41, 5.74) is 1.37. The second kappa shape index (κ2) is 5.44. The van der Waals surface area contributed by atoms with E-state index in [0.717, 1.165) is 10.6 Å². The number of carbonyl (C=O) groups is 2. The monoisotopic (exact) mass is 264 g/mol. The lowest BCUT2D eigenvalue weighted by atomic mass is 10.1. The van der Waals surface area contributed by atoms with Crippen LogP contribution in [0, 0.1) is 0 Å². The van der Waals surface area contributed by atoms with Crippen molar-refractivity contribution < 1.29 is 9.59 Å². The molecule has 4 nitrogen and oxygen atoms in total. The molecule has 0 fully saturated rings. The van der Waals surface area contributed by atoms with Gasteiger partial charge < -0.3 is 10.2 Å².